The first-order chi connectivity index (χ1) is 10.8. The van der Waals surface area contributed by atoms with Crippen LogP contribution in [0.4, 0.5) is 0 Å². The van der Waals surface area contributed by atoms with E-state index >= 15 is 0 Å². The molecular weight excluding hydrogens is 325 g/mol. The molecular formula is C20H31Cl2N. The smallest absolute Gasteiger partial charge is 0.0406 e. The second-order valence-electron chi connectivity index (χ2n) is 7.40. The van der Waals surface area contributed by atoms with Gasteiger partial charge in [0.25, 0.3) is 0 Å². The summed E-state index contributed by atoms with van der Waals surface area (Å²) in [6, 6.07) is 8.34. The van der Waals surface area contributed by atoms with Gasteiger partial charge in [-0.05, 0) is 68.3 Å². The molecule has 130 valence electrons. The molecule has 0 atom stereocenters. The number of hydrogen-bond acceptors (Lipinski definition) is 1. The van der Waals surface area contributed by atoms with E-state index in [4.69, 9.17) is 11.6 Å². The van der Waals surface area contributed by atoms with Crippen LogP contribution in [0.3, 0.4) is 0 Å². The van der Waals surface area contributed by atoms with Gasteiger partial charge in [0, 0.05) is 11.6 Å². The van der Waals surface area contributed by atoms with E-state index in [1.807, 2.05) is 12.1 Å². The number of halogens is 2. The van der Waals surface area contributed by atoms with Crippen molar-refractivity contribution in [1.29, 1.82) is 0 Å². The lowest BCUT2D eigenvalue weighted by Crippen LogP contribution is -2.35. The molecule has 0 amide bonds. The number of hydrogen-bond donors (Lipinski definition) is 0. The third-order valence-corrected chi connectivity index (χ3v) is 5.98. The Bertz CT molecular complexity index is 431. The highest BCUT2D eigenvalue weighted by molar-refractivity contribution is 6.30. The molecule has 23 heavy (non-hydrogen) atoms. The van der Waals surface area contributed by atoms with E-state index in [0.717, 1.165) is 23.3 Å². The molecule has 0 aromatic heterocycles. The van der Waals surface area contributed by atoms with Gasteiger partial charge in [0.05, 0.1) is 0 Å². The summed E-state index contributed by atoms with van der Waals surface area (Å²) in [5, 5.41) is 0.840. The van der Waals surface area contributed by atoms with Gasteiger partial charge in [-0.25, -0.2) is 0 Å². The quantitative estimate of drug-likeness (QED) is 0.627. The van der Waals surface area contributed by atoms with E-state index in [9.17, 15) is 0 Å². The lowest BCUT2D eigenvalue weighted by molar-refractivity contribution is 0.159. The lowest BCUT2D eigenvalue weighted by Gasteiger charge is -2.34. The summed E-state index contributed by atoms with van der Waals surface area (Å²) in [7, 11) is 0. The Kier molecular flexibility index (Phi) is 8.23. The zero-order chi connectivity index (χ0) is 15.2. The molecule has 3 heteroatoms. The molecule has 0 radical (unpaired) electrons. The van der Waals surface area contributed by atoms with Crippen molar-refractivity contribution in [2.75, 3.05) is 19.6 Å². The van der Waals surface area contributed by atoms with Crippen molar-refractivity contribution in [3.63, 3.8) is 0 Å². The highest BCUT2D eigenvalue weighted by Gasteiger charge is 2.23. The summed E-state index contributed by atoms with van der Waals surface area (Å²) >= 11 is 5.95. The lowest BCUT2D eigenvalue weighted by atomic mass is 9.80. The zero-order valence-electron chi connectivity index (χ0n) is 14.2. The summed E-state index contributed by atoms with van der Waals surface area (Å²) < 4.78 is 0. The van der Waals surface area contributed by atoms with Crippen molar-refractivity contribution >= 4 is 24.0 Å². The van der Waals surface area contributed by atoms with E-state index in [-0.39, 0.29) is 12.4 Å². The minimum absolute atomic E-state index is 0. The molecule has 1 aliphatic carbocycles. The number of benzene rings is 1. The fourth-order valence-corrected chi connectivity index (χ4v) is 4.40. The maximum Gasteiger partial charge on any atom is 0.0406 e. The molecule has 3 rings (SSSR count). The topological polar surface area (TPSA) is 3.24 Å². The normalized spacial score (nSPS) is 21.1. The predicted octanol–water partition coefficient (Wildman–Crippen LogP) is 5.99. The second kappa shape index (κ2) is 9.91. The Morgan fingerprint density at radius 2 is 1.48 bits per heavy atom. The molecule has 1 saturated carbocycles. The van der Waals surface area contributed by atoms with Gasteiger partial charge >= 0.3 is 0 Å². The maximum atomic E-state index is 5.95. The molecule has 2 fully saturated rings. The maximum absolute atomic E-state index is 5.95. The van der Waals surface area contributed by atoms with E-state index in [1.165, 1.54) is 76.6 Å². The summed E-state index contributed by atoms with van der Waals surface area (Å²) in [4.78, 5) is 2.66. The van der Waals surface area contributed by atoms with Crippen molar-refractivity contribution in [2.24, 2.45) is 11.8 Å². The van der Waals surface area contributed by atoms with Crippen LogP contribution in [0.25, 0.3) is 0 Å². The number of likely N-dealkylation sites (tertiary alicyclic amines) is 1. The number of rotatable bonds is 5. The monoisotopic (exact) mass is 355 g/mol. The summed E-state index contributed by atoms with van der Waals surface area (Å²) in [6.45, 7) is 3.83. The molecule has 1 nitrogen and oxygen atoms in total. The third kappa shape index (κ3) is 6.29. The first kappa shape index (κ1) is 19.1. The molecule has 2 aliphatic rings. The summed E-state index contributed by atoms with van der Waals surface area (Å²) in [6.07, 6.45) is 13.0. The largest absolute Gasteiger partial charge is 0.303 e. The van der Waals surface area contributed by atoms with Gasteiger partial charge in [-0.1, -0.05) is 55.8 Å². The molecule has 1 aromatic rings. The van der Waals surface area contributed by atoms with Gasteiger partial charge in [0.2, 0.25) is 0 Å². The SMILES string of the molecule is Cl.Clc1ccc(CCN2CCC(CC3CCCCC3)CC2)cc1. The van der Waals surface area contributed by atoms with Crippen LogP contribution in [-0.2, 0) is 6.42 Å². The fraction of sp³-hybridized carbons (Fsp3) is 0.700. The molecule has 1 heterocycles. The fourth-order valence-electron chi connectivity index (χ4n) is 4.28. The highest BCUT2D eigenvalue weighted by Crippen LogP contribution is 2.32. The third-order valence-electron chi connectivity index (χ3n) is 5.73. The van der Waals surface area contributed by atoms with Crippen LogP contribution in [-0.4, -0.2) is 24.5 Å². The molecule has 1 saturated heterocycles. The van der Waals surface area contributed by atoms with Gasteiger partial charge in [-0.2, -0.15) is 0 Å². The minimum Gasteiger partial charge on any atom is -0.303 e. The van der Waals surface area contributed by atoms with Crippen LogP contribution < -0.4 is 0 Å². The Morgan fingerprint density at radius 3 is 2.13 bits per heavy atom. The highest BCUT2D eigenvalue weighted by atomic mass is 35.5. The van der Waals surface area contributed by atoms with Gasteiger partial charge in [-0.15, -0.1) is 12.4 Å². The Morgan fingerprint density at radius 1 is 0.870 bits per heavy atom. The predicted molar refractivity (Wildman–Crippen MR) is 103 cm³/mol. The Labute approximate surface area is 153 Å². The van der Waals surface area contributed by atoms with E-state index in [1.54, 1.807) is 0 Å². The zero-order valence-corrected chi connectivity index (χ0v) is 15.8. The molecule has 0 bridgehead atoms. The van der Waals surface area contributed by atoms with Crippen LogP contribution >= 0.6 is 24.0 Å². The average molecular weight is 356 g/mol. The van der Waals surface area contributed by atoms with Crippen molar-refractivity contribution in [1.82, 2.24) is 4.90 Å². The molecule has 1 aliphatic heterocycles. The molecule has 1 aromatic carbocycles. The van der Waals surface area contributed by atoms with E-state index in [0.29, 0.717) is 0 Å². The summed E-state index contributed by atoms with van der Waals surface area (Å²) in [5.74, 6) is 2.06. The number of nitrogens with zero attached hydrogens (tertiary/aromatic N) is 1. The van der Waals surface area contributed by atoms with Crippen LogP contribution in [0.15, 0.2) is 24.3 Å². The van der Waals surface area contributed by atoms with Crippen molar-refractivity contribution in [3.8, 4) is 0 Å². The van der Waals surface area contributed by atoms with E-state index in [2.05, 4.69) is 17.0 Å². The standard InChI is InChI=1S/C20H30ClN.ClH/c21-20-8-6-17(7-9-20)10-13-22-14-11-19(12-15-22)16-18-4-2-1-3-5-18;/h6-9,18-19H,1-5,10-16H2;1H. The van der Waals surface area contributed by atoms with Crippen molar-refractivity contribution < 1.29 is 0 Å². The first-order valence-corrected chi connectivity index (χ1v) is 9.64. The Hall–Kier alpha value is -0.240. The Balaban J connectivity index is 0.00000192. The van der Waals surface area contributed by atoms with Crippen LogP contribution in [0.2, 0.25) is 5.02 Å². The summed E-state index contributed by atoms with van der Waals surface area (Å²) in [5.41, 5.74) is 1.41. The average Bonchev–Trinajstić information content (AvgIpc) is 2.57. The molecule has 0 unspecified atom stereocenters. The van der Waals surface area contributed by atoms with Gasteiger partial charge < -0.3 is 4.90 Å². The van der Waals surface area contributed by atoms with Gasteiger partial charge in [0.15, 0.2) is 0 Å². The van der Waals surface area contributed by atoms with Crippen molar-refractivity contribution in [2.45, 2.75) is 57.8 Å². The number of piperidine rings is 1. The van der Waals surface area contributed by atoms with Crippen LogP contribution in [0.5, 0.6) is 0 Å². The van der Waals surface area contributed by atoms with Crippen molar-refractivity contribution in [3.05, 3.63) is 34.9 Å². The second-order valence-corrected chi connectivity index (χ2v) is 7.84. The molecule has 0 spiro atoms. The van der Waals surface area contributed by atoms with Gasteiger partial charge in [-0.3, -0.25) is 0 Å². The van der Waals surface area contributed by atoms with Crippen LogP contribution in [0, 0.1) is 11.8 Å². The van der Waals surface area contributed by atoms with Gasteiger partial charge in [0.1, 0.15) is 0 Å². The molecule has 0 N–H and O–H groups in total. The first-order valence-electron chi connectivity index (χ1n) is 9.26. The van der Waals surface area contributed by atoms with E-state index < -0.39 is 0 Å². The minimum atomic E-state index is 0. The van der Waals surface area contributed by atoms with Crippen LogP contribution in [0.1, 0.15) is 56.9 Å².